The molecule has 0 bridgehead atoms. The Hall–Kier alpha value is -1.36. The molecule has 1 aliphatic rings. The van der Waals surface area contributed by atoms with Gasteiger partial charge in [-0.05, 0) is 30.7 Å². The van der Waals surface area contributed by atoms with E-state index < -0.39 is 0 Å². The van der Waals surface area contributed by atoms with Crippen LogP contribution in [0.2, 0.25) is 0 Å². The van der Waals surface area contributed by atoms with E-state index >= 15 is 0 Å². The molecule has 0 radical (unpaired) electrons. The highest BCUT2D eigenvalue weighted by Gasteiger charge is 2.17. The molecule has 1 aliphatic heterocycles. The van der Waals surface area contributed by atoms with Crippen LogP contribution in [0.25, 0.3) is 5.69 Å². The van der Waals surface area contributed by atoms with E-state index in [9.17, 15) is 0 Å². The first-order chi connectivity index (χ1) is 9.33. The zero-order chi connectivity index (χ0) is 13.1. The van der Waals surface area contributed by atoms with E-state index in [0.717, 1.165) is 31.9 Å². The summed E-state index contributed by atoms with van der Waals surface area (Å²) in [6.45, 7) is 6.62. The molecule has 2 heterocycles. The molecule has 1 fully saturated rings. The molecule has 0 unspecified atom stereocenters. The van der Waals surface area contributed by atoms with Crippen molar-refractivity contribution in [1.82, 2.24) is 20.0 Å². The standard InChI is InChI=1S/C15H20N4.ClH/c1-13-11-16-8-10-18(13)12-14-3-5-15(6-4-14)19-9-2-7-17-19;/h2-7,9,13,16H,8,10-12H2,1H3;1H/t13-;/m0./s1. The van der Waals surface area contributed by atoms with Crippen LogP contribution in [0.15, 0.2) is 42.7 Å². The van der Waals surface area contributed by atoms with Gasteiger partial charge < -0.3 is 5.32 Å². The van der Waals surface area contributed by atoms with Crippen molar-refractivity contribution >= 4 is 12.4 Å². The van der Waals surface area contributed by atoms with E-state index in [-0.39, 0.29) is 12.4 Å². The second kappa shape index (κ2) is 6.88. The van der Waals surface area contributed by atoms with Crippen LogP contribution in [0.1, 0.15) is 12.5 Å². The van der Waals surface area contributed by atoms with E-state index in [1.165, 1.54) is 5.56 Å². The van der Waals surface area contributed by atoms with E-state index in [1.54, 1.807) is 6.20 Å². The van der Waals surface area contributed by atoms with E-state index in [4.69, 9.17) is 0 Å². The third-order valence-electron chi connectivity index (χ3n) is 3.73. The molecule has 3 rings (SSSR count). The maximum absolute atomic E-state index is 4.24. The van der Waals surface area contributed by atoms with Crippen molar-refractivity contribution < 1.29 is 0 Å². The summed E-state index contributed by atoms with van der Waals surface area (Å²) in [7, 11) is 0. The van der Waals surface area contributed by atoms with Crippen LogP contribution >= 0.6 is 12.4 Å². The molecule has 0 saturated carbocycles. The Bertz CT molecular complexity index is 509. The zero-order valence-corrected chi connectivity index (χ0v) is 12.5. The Morgan fingerprint density at radius 2 is 2.10 bits per heavy atom. The number of nitrogens with one attached hydrogen (secondary N) is 1. The summed E-state index contributed by atoms with van der Waals surface area (Å²) in [6.07, 6.45) is 3.77. The van der Waals surface area contributed by atoms with Gasteiger partial charge >= 0.3 is 0 Å². The first-order valence-corrected chi connectivity index (χ1v) is 6.86. The van der Waals surface area contributed by atoms with Crippen molar-refractivity contribution in [1.29, 1.82) is 0 Å². The molecule has 1 aromatic carbocycles. The summed E-state index contributed by atoms with van der Waals surface area (Å²) in [5, 5.41) is 7.67. The number of nitrogens with zero attached hydrogens (tertiary/aromatic N) is 3. The second-order valence-electron chi connectivity index (χ2n) is 5.14. The molecule has 20 heavy (non-hydrogen) atoms. The van der Waals surface area contributed by atoms with Crippen LogP contribution in [0.4, 0.5) is 0 Å². The molecule has 1 aromatic heterocycles. The number of hydrogen-bond donors (Lipinski definition) is 1. The Morgan fingerprint density at radius 3 is 2.75 bits per heavy atom. The summed E-state index contributed by atoms with van der Waals surface area (Å²) in [5.74, 6) is 0. The molecule has 0 spiro atoms. The van der Waals surface area contributed by atoms with Crippen molar-refractivity contribution in [3.63, 3.8) is 0 Å². The van der Waals surface area contributed by atoms with Gasteiger partial charge in [-0.1, -0.05) is 12.1 Å². The summed E-state index contributed by atoms with van der Waals surface area (Å²) >= 11 is 0. The highest BCUT2D eigenvalue weighted by atomic mass is 35.5. The quantitative estimate of drug-likeness (QED) is 0.940. The van der Waals surface area contributed by atoms with Crippen LogP contribution in [-0.4, -0.2) is 40.4 Å². The number of aromatic nitrogens is 2. The number of rotatable bonds is 3. The van der Waals surface area contributed by atoms with Gasteiger partial charge in [0, 0.05) is 44.6 Å². The first kappa shape index (κ1) is 15.0. The highest BCUT2D eigenvalue weighted by Crippen LogP contribution is 2.13. The molecule has 1 N–H and O–H groups in total. The molecule has 1 saturated heterocycles. The van der Waals surface area contributed by atoms with E-state index in [2.05, 4.69) is 46.5 Å². The van der Waals surface area contributed by atoms with Crippen molar-refractivity contribution in [3.8, 4) is 5.69 Å². The third kappa shape index (κ3) is 3.39. The van der Waals surface area contributed by atoms with Gasteiger partial charge in [-0.25, -0.2) is 4.68 Å². The topological polar surface area (TPSA) is 33.1 Å². The Labute approximate surface area is 126 Å². The Balaban J connectivity index is 0.00000147. The molecule has 2 aromatic rings. The minimum absolute atomic E-state index is 0. The fraction of sp³-hybridized carbons (Fsp3) is 0.400. The number of benzene rings is 1. The lowest BCUT2D eigenvalue weighted by atomic mass is 10.1. The monoisotopic (exact) mass is 292 g/mol. The molecular weight excluding hydrogens is 272 g/mol. The highest BCUT2D eigenvalue weighted by molar-refractivity contribution is 5.85. The largest absolute Gasteiger partial charge is 0.314 e. The molecule has 4 nitrogen and oxygen atoms in total. The summed E-state index contributed by atoms with van der Waals surface area (Å²) in [5.41, 5.74) is 2.48. The van der Waals surface area contributed by atoms with Gasteiger partial charge in [0.25, 0.3) is 0 Å². The van der Waals surface area contributed by atoms with Gasteiger partial charge in [0.2, 0.25) is 0 Å². The van der Waals surface area contributed by atoms with Crippen LogP contribution in [0.5, 0.6) is 0 Å². The molecule has 0 amide bonds. The van der Waals surface area contributed by atoms with Crippen molar-refractivity contribution in [2.24, 2.45) is 0 Å². The molecular formula is C15H21ClN4. The van der Waals surface area contributed by atoms with Crippen LogP contribution in [0.3, 0.4) is 0 Å². The van der Waals surface area contributed by atoms with Gasteiger partial charge in [0.1, 0.15) is 0 Å². The van der Waals surface area contributed by atoms with Crippen molar-refractivity contribution in [2.45, 2.75) is 19.5 Å². The van der Waals surface area contributed by atoms with Crippen LogP contribution in [0, 0.1) is 0 Å². The number of halogens is 1. The predicted molar refractivity (Wildman–Crippen MR) is 83.6 cm³/mol. The lowest BCUT2D eigenvalue weighted by molar-refractivity contribution is 0.165. The fourth-order valence-corrected chi connectivity index (χ4v) is 2.53. The zero-order valence-electron chi connectivity index (χ0n) is 11.7. The van der Waals surface area contributed by atoms with Crippen LogP contribution < -0.4 is 5.32 Å². The van der Waals surface area contributed by atoms with Gasteiger partial charge in [-0.2, -0.15) is 5.10 Å². The smallest absolute Gasteiger partial charge is 0.0645 e. The SMILES string of the molecule is C[C@H]1CNCCN1Cc1ccc(-n2cccn2)cc1.Cl. The fourth-order valence-electron chi connectivity index (χ4n) is 2.53. The number of hydrogen-bond acceptors (Lipinski definition) is 3. The molecule has 5 heteroatoms. The average Bonchev–Trinajstić information content (AvgIpc) is 2.96. The minimum atomic E-state index is 0. The van der Waals surface area contributed by atoms with Crippen molar-refractivity contribution in [3.05, 3.63) is 48.3 Å². The number of piperazine rings is 1. The Kier molecular flexibility index (Phi) is 5.17. The maximum Gasteiger partial charge on any atom is 0.0645 e. The average molecular weight is 293 g/mol. The summed E-state index contributed by atoms with van der Waals surface area (Å²) in [4.78, 5) is 2.53. The third-order valence-corrected chi connectivity index (χ3v) is 3.73. The van der Waals surface area contributed by atoms with Gasteiger partial charge in [-0.3, -0.25) is 4.90 Å². The molecule has 0 aliphatic carbocycles. The van der Waals surface area contributed by atoms with Gasteiger partial charge in [0.05, 0.1) is 5.69 Å². The lowest BCUT2D eigenvalue weighted by Crippen LogP contribution is -2.49. The van der Waals surface area contributed by atoms with Crippen molar-refractivity contribution in [2.75, 3.05) is 19.6 Å². The Morgan fingerprint density at radius 1 is 1.30 bits per heavy atom. The second-order valence-corrected chi connectivity index (χ2v) is 5.14. The van der Waals surface area contributed by atoms with E-state index in [0.29, 0.717) is 6.04 Å². The lowest BCUT2D eigenvalue weighted by Gasteiger charge is -2.33. The predicted octanol–water partition coefficient (Wildman–Crippen LogP) is 2.09. The van der Waals surface area contributed by atoms with E-state index in [1.807, 2.05) is 16.9 Å². The van der Waals surface area contributed by atoms with Crippen LogP contribution in [-0.2, 0) is 6.54 Å². The normalized spacial score (nSPS) is 19.6. The van der Waals surface area contributed by atoms with Gasteiger partial charge in [0.15, 0.2) is 0 Å². The minimum Gasteiger partial charge on any atom is -0.314 e. The summed E-state index contributed by atoms with van der Waals surface area (Å²) in [6, 6.07) is 11.2. The first-order valence-electron chi connectivity index (χ1n) is 6.86. The molecule has 108 valence electrons. The van der Waals surface area contributed by atoms with Gasteiger partial charge in [-0.15, -0.1) is 12.4 Å². The summed E-state index contributed by atoms with van der Waals surface area (Å²) < 4.78 is 1.89. The molecule has 1 atom stereocenters. The maximum atomic E-state index is 4.24.